The number of hydrogen-bond donors (Lipinski definition) is 0. The first kappa shape index (κ1) is 14.6. The number of fused-ring (bicyclic) bond motifs is 2. The average molecular weight is 349 g/mol. The molecule has 118 valence electrons. The summed E-state index contributed by atoms with van der Waals surface area (Å²) >= 11 is 1.03. The van der Waals surface area contributed by atoms with Crippen LogP contribution < -0.4 is 0 Å². The number of rotatable bonds is 2. The fourth-order valence-electron chi connectivity index (χ4n) is 3.01. The van der Waals surface area contributed by atoms with E-state index >= 15 is 0 Å². The Morgan fingerprint density at radius 2 is 2.00 bits per heavy atom. The number of para-hydroxylation sites is 1. The molecule has 0 fully saturated rings. The third-order valence-electron chi connectivity index (χ3n) is 4.02. The molecule has 0 bridgehead atoms. The van der Waals surface area contributed by atoms with E-state index in [0.29, 0.717) is 10.6 Å². The second-order valence-corrected chi connectivity index (χ2v) is 8.81. The van der Waals surface area contributed by atoms with Crippen LogP contribution in [0.4, 0.5) is 4.39 Å². The Hall–Kier alpha value is -1.99. The third kappa shape index (κ3) is 2.07. The zero-order valence-corrected chi connectivity index (χ0v) is 13.7. The number of halogens is 1. The zero-order valence-electron chi connectivity index (χ0n) is 12.1. The summed E-state index contributed by atoms with van der Waals surface area (Å²) in [6, 6.07) is 9.55. The van der Waals surface area contributed by atoms with Gasteiger partial charge in [0.15, 0.2) is 21.8 Å². The van der Waals surface area contributed by atoms with Gasteiger partial charge in [0.25, 0.3) is 0 Å². The van der Waals surface area contributed by atoms with Gasteiger partial charge in [-0.3, -0.25) is 4.79 Å². The minimum absolute atomic E-state index is 0.0366. The van der Waals surface area contributed by atoms with Crippen molar-refractivity contribution in [2.45, 2.75) is 16.8 Å². The second-order valence-electron chi connectivity index (χ2n) is 5.60. The van der Waals surface area contributed by atoms with Crippen LogP contribution in [0.5, 0.6) is 0 Å². The summed E-state index contributed by atoms with van der Waals surface area (Å²) in [7, 11) is -3.59. The Bertz CT molecular complexity index is 1060. The van der Waals surface area contributed by atoms with E-state index in [1.165, 1.54) is 0 Å². The Morgan fingerprint density at radius 3 is 2.74 bits per heavy atom. The van der Waals surface area contributed by atoms with E-state index in [4.69, 9.17) is 0 Å². The minimum Gasteiger partial charge on any atom is -0.308 e. The Balaban J connectivity index is 2.05. The van der Waals surface area contributed by atoms with Crippen molar-refractivity contribution in [2.24, 2.45) is 0 Å². The Morgan fingerprint density at radius 1 is 1.26 bits per heavy atom. The number of alkyl halides is 1. The maximum atomic E-state index is 13.9. The molecule has 0 spiro atoms. The monoisotopic (exact) mass is 349 g/mol. The standard InChI is InChI=1S/C16H12FNO3S2/c1-23(20,21)16-13-10(8-11(17)14(13)19)15(22-16)18-7-6-9-4-2-3-5-12(9)18/h2-7,11H,8H2,1H3. The number of benzene rings is 1. The number of Topliss-reactive ketones (excluding diaryl/α,β-unsaturated/α-hetero) is 1. The lowest BCUT2D eigenvalue weighted by molar-refractivity contribution is 0.0896. The summed E-state index contributed by atoms with van der Waals surface area (Å²) in [6.07, 6.45) is 1.14. The van der Waals surface area contributed by atoms with Gasteiger partial charge < -0.3 is 4.57 Å². The van der Waals surface area contributed by atoms with Crippen LogP contribution >= 0.6 is 11.3 Å². The third-order valence-corrected chi connectivity index (χ3v) is 7.08. The number of nitrogens with zero attached hydrogens (tertiary/aromatic N) is 1. The quantitative estimate of drug-likeness (QED) is 0.714. The molecule has 7 heteroatoms. The van der Waals surface area contributed by atoms with Crippen molar-refractivity contribution in [1.29, 1.82) is 0 Å². The van der Waals surface area contributed by atoms with E-state index in [1.807, 2.05) is 41.1 Å². The highest BCUT2D eigenvalue weighted by Gasteiger charge is 2.40. The molecule has 0 amide bonds. The molecule has 1 aliphatic rings. The first-order valence-corrected chi connectivity index (χ1v) is 9.69. The lowest BCUT2D eigenvalue weighted by Gasteiger charge is -2.05. The predicted octanol–water partition coefficient (Wildman–Crippen LogP) is 3.17. The highest BCUT2D eigenvalue weighted by molar-refractivity contribution is 7.93. The van der Waals surface area contributed by atoms with Crippen molar-refractivity contribution in [3.63, 3.8) is 0 Å². The molecule has 0 saturated carbocycles. The molecule has 2 aromatic heterocycles. The number of sulfone groups is 1. The number of carbonyl (C=O) groups excluding carboxylic acids is 1. The summed E-state index contributed by atoms with van der Waals surface area (Å²) in [4.78, 5) is 12.1. The van der Waals surface area contributed by atoms with Crippen LogP contribution in [0.3, 0.4) is 0 Å². The van der Waals surface area contributed by atoms with Crippen molar-refractivity contribution in [3.05, 3.63) is 47.7 Å². The van der Waals surface area contributed by atoms with Gasteiger partial charge in [-0.2, -0.15) is 0 Å². The number of ketones is 1. The molecule has 23 heavy (non-hydrogen) atoms. The SMILES string of the molecule is CS(=O)(=O)c1sc(-n2ccc3ccccc32)c2c1C(=O)C(F)C2. The maximum Gasteiger partial charge on any atom is 0.199 e. The topological polar surface area (TPSA) is 56.1 Å². The molecule has 1 unspecified atom stereocenters. The second kappa shape index (κ2) is 4.75. The molecule has 1 atom stereocenters. The van der Waals surface area contributed by atoms with Crippen molar-refractivity contribution < 1.29 is 17.6 Å². The van der Waals surface area contributed by atoms with E-state index in [2.05, 4.69) is 0 Å². The van der Waals surface area contributed by atoms with Crippen molar-refractivity contribution in [3.8, 4) is 5.00 Å². The Kier molecular flexibility index (Phi) is 3.01. The van der Waals surface area contributed by atoms with Crippen LogP contribution in [-0.4, -0.2) is 31.2 Å². The maximum absolute atomic E-state index is 13.9. The smallest absolute Gasteiger partial charge is 0.199 e. The van der Waals surface area contributed by atoms with Gasteiger partial charge in [0.1, 0.15) is 9.21 Å². The number of carbonyl (C=O) groups is 1. The lowest BCUT2D eigenvalue weighted by atomic mass is 10.2. The summed E-state index contributed by atoms with van der Waals surface area (Å²) in [5.74, 6) is -0.723. The largest absolute Gasteiger partial charge is 0.308 e. The van der Waals surface area contributed by atoms with Crippen LogP contribution in [-0.2, 0) is 16.3 Å². The number of aromatic nitrogens is 1. The summed E-state index contributed by atoms with van der Waals surface area (Å²) in [6.45, 7) is 0. The molecular formula is C16H12FNO3S2. The molecule has 0 N–H and O–H groups in total. The van der Waals surface area contributed by atoms with Crippen molar-refractivity contribution >= 4 is 37.9 Å². The summed E-state index contributed by atoms with van der Waals surface area (Å²) in [5, 5.41) is 1.60. The Labute approximate surface area is 136 Å². The predicted molar refractivity (Wildman–Crippen MR) is 87.2 cm³/mol. The van der Waals surface area contributed by atoms with E-state index < -0.39 is 21.8 Å². The highest BCUT2D eigenvalue weighted by Crippen LogP contribution is 2.42. The fraction of sp³-hybridized carbons (Fsp3) is 0.188. The zero-order chi connectivity index (χ0) is 16.4. The van der Waals surface area contributed by atoms with E-state index in [1.54, 1.807) is 0 Å². The van der Waals surface area contributed by atoms with Crippen LogP contribution in [0.1, 0.15) is 15.9 Å². The van der Waals surface area contributed by atoms with Gasteiger partial charge in [-0.05, 0) is 17.5 Å². The fourth-order valence-corrected chi connectivity index (χ4v) is 5.52. The minimum atomic E-state index is -3.59. The van der Waals surface area contributed by atoms with E-state index in [-0.39, 0.29) is 16.2 Å². The van der Waals surface area contributed by atoms with E-state index in [9.17, 15) is 17.6 Å². The van der Waals surface area contributed by atoms with Crippen molar-refractivity contribution in [2.75, 3.05) is 6.26 Å². The van der Waals surface area contributed by atoms with Gasteiger partial charge in [0.05, 0.1) is 11.1 Å². The molecule has 0 saturated heterocycles. The molecule has 1 aromatic carbocycles. The van der Waals surface area contributed by atoms with Gasteiger partial charge in [-0.25, -0.2) is 12.8 Å². The van der Waals surface area contributed by atoms with Gasteiger partial charge in [-0.15, -0.1) is 11.3 Å². The number of thiophene rings is 1. The van der Waals surface area contributed by atoms with E-state index in [0.717, 1.165) is 28.5 Å². The molecule has 3 aromatic rings. The van der Waals surface area contributed by atoms with Gasteiger partial charge in [0, 0.05) is 24.4 Å². The molecular weight excluding hydrogens is 337 g/mol. The van der Waals surface area contributed by atoms with Crippen LogP contribution in [0.25, 0.3) is 15.9 Å². The molecule has 4 rings (SSSR count). The highest BCUT2D eigenvalue weighted by atomic mass is 32.2. The summed E-state index contributed by atoms with van der Waals surface area (Å²) < 4.78 is 39.7. The van der Waals surface area contributed by atoms with Gasteiger partial charge in [0.2, 0.25) is 0 Å². The summed E-state index contributed by atoms with van der Waals surface area (Å²) in [5.41, 5.74) is 1.43. The first-order chi connectivity index (χ1) is 10.9. The van der Waals surface area contributed by atoms with Crippen LogP contribution in [0.2, 0.25) is 0 Å². The van der Waals surface area contributed by atoms with Crippen LogP contribution in [0.15, 0.2) is 40.7 Å². The van der Waals surface area contributed by atoms with Gasteiger partial charge >= 0.3 is 0 Å². The molecule has 2 heterocycles. The van der Waals surface area contributed by atoms with Crippen LogP contribution in [0, 0.1) is 0 Å². The van der Waals surface area contributed by atoms with Crippen molar-refractivity contribution in [1.82, 2.24) is 4.57 Å². The molecule has 0 radical (unpaired) electrons. The first-order valence-electron chi connectivity index (χ1n) is 6.98. The molecule has 1 aliphatic carbocycles. The lowest BCUT2D eigenvalue weighted by Crippen LogP contribution is -2.11. The average Bonchev–Trinajstić information content (AvgIpc) is 3.13. The number of hydrogen-bond acceptors (Lipinski definition) is 4. The molecule has 0 aliphatic heterocycles. The van der Waals surface area contributed by atoms with Gasteiger partial charge in [-0.1, -0.05) is 18.2 Å². The normalized spacial score (nSPS) is 17.8. The molecule has 4 nitrogen and oxygen atoms in total.